The van der Waals surface area contributed by atoms with Crippen LogP contribution in [0.15, 0.2) is 40.8 Å². The summed E-state index contributed by atoms with van der Waals surface area (Å²) < 4.78 is 5.65. The molecule has 0 amide bonds. The molecule has 1 aromatic rings. The lowest BCUT2D eigenvalue weighted by Gasteiger charge is -2.21. The summed E-state index contributed by atoms with van der Waals surface area (Å²) in [6.07, 6.45) is 5.69. The van der Waals surface area contributed by atoms with Gasteiger partial charge in [0.2, 0.25) is 11.6 Å². The average molecular weight is 204 g/mol. The highest BCUT2D eigenvalue weighted by molar-refractivity contribution is 5.36. The summed E-state index contributed by atoms with van der Waals surface area (Å²) in [5, 5.41) is 7.81. The molecule has 0 fully saturated rings. The largest absolute Gasteiger partial charge is 0.444 e. The van der Waals surface area contributed by atoms with E-state index < -0.39 is 5.72 Å². The molecule has 1 aromatic heterocycles. The Hall–Kier alpha value is -1.91. The Morgan fingerprint density at radius 3 is 2.87 bits per heavy atom. The van der Waals surface area contributed by atoms with Gasteiger partial charge in [-0.1, -0.05) is 6.92 Å². The number of nitrogens with two attached hydrogens (primary N) is 1. The first kappa shape index (κ1) is 9.64. The Labute approximate surface area is 87.7 Å². The van der Waals surface area contributed by atoms with Gasteiger partial charge in [-0.2, -0.15) is 5.11 Å². The number of pyridine rings is 1. The molecule has 1 unspecified atom stereocenters. The highest BCUT2D eigenvalue weighted by atomic mass is 16.5. The molecule has 5 nitrogen and oxygen atoms in total. The van der Waals surface area contributed by atoms with Gasteiger partial charge in [0.15, 0.2) is 0 Å². The van der Waals surface area contributed by atoms with Crippen molar-refractivity contribution in [3.05, 3.63) is 30.6 Å². The lowest BCUT2D eigenvalue weighted by atomic mass is 10.2. The third-order valence-electron chi connectivity index (χ3n) is 2.18. The summed E-state index contributed by atoms with van der Waals surface area (Å²) >= 11 is 0. The summed E-state index contributed by atoms with van der Waals surface area (Å²) in [5.74, 6) is 0.497. The van der Waals surface area contributed by atoms with Crippen LogP contribution in [0.1, 0.15) is 13.3 Å². The zero-order valence-corrected chi connectivity index (χ0v) is 8.42. The molecule has 0 bridgehead atoms. The van der Waals surface area contributed by atoms with Gasteiger partial charge in [0.25, 0.3) is 0 Å². The van der Waals surface area contributed by atoms with Crippen LogP contribution in [0.25, 0.3) is 0 Å². The smallest absolute Gasteiger partial charge is 0.241 e. The molecule has 1 aliphatic heterocycles. The number of ether oxygens (including phenoxy) is 1. The Kier molecular flexibility index (Phi) is 2.37. The molecule has 2 N–H and O–H groups in total. The number of nitrogens with zero attached hydrogens (tertiary/aromatic N) is 3. The van der Waals surface area contributed by atoms with Crippen molar-refractivity contribution in [1.82, 2.24) is 4.98 Å². The van der Waals surface area contributed by atoms with Gasteiger partial charge in [0.1, 0.15) is 0 Å². The summed E-state index contributed by atoms with van der Waals surface area (Å²) in [7, 11) is 0. The standard InChI is InChI=1S/C10H12N4O/c1-2-10(5-6-13-14-10)15-9-4-3-8(11)7-12-9/h3-7H,2,11H2,1H3. The topological polar surface area (TPSA) is 72.9 Å². The van der Waals surface area contributed by atoms with Crippen LogP contribution in [0.2, 0.25) is 0 Å². The molecule has 1 aliphatic rings. The molecular formula is C10H12N4O. The van der Waals surface area contributed by atoms with E-state index in [4.69, 9.17) is 10.5 Å². The first-order valence-electron chi connectivity index (χ1n) is 4.74. The van der Waals surface area contributed by atoms with Crippen molar-refractivity contribution in [2.45, 2.75) is 19.1 Å². The minimum absolute atomic E-state index is 0.497. The molecule has 2 rings (SSSR count). The quantitative estimate of drug-likeness (QED) is 0.819. The van der Waals surface area contributed by atoms with E-state index in [-0.39, 0.29) is 0 Å². The van der Waals surface area contributed by atoms with Crippen LogP contribution >= 0.6 is 0 Å². The molecule has 0 saturated heterocycles. The van der Waals surface area contributed by atoms with E-state index in [9.17, 15) is 0 Å². The van der Waals surface area contributed by atoms with Crippen molar-refractivity contribution in [2.24, 2.45) is 10.2 Å². The van der Waals surface area contributed by atoms with E-state index >= 15 is 0 Å². The summed E-state index contributed by atoms with van der Waals surface area (Å²) in [5.41, 5.74) is 5.44. The molecule has 0 saturated carbocycles. The molecule has 0 aliphatic carbocycles. The molecule has 0 spiro atoms. The van der Waals surface area contributed by atoms with Crippen molar-refractivity contribution in [3.8, 4) is 5.88 Å². The van der Waals surface area contributed by atoms with Gasteiger partial charge in [0.05, 0.1) is 18.1 Å². The Morgan fingerprint density at radius 1 is 1.47 bits per heavy atom. The van der Waals surface area contributed by atoms with Gasteiger partial charge in [-0.3, -0.25) is 0 Å². The highest BCUT2D eigenvalue weighted by Gasteiger charge is 2.29. The predicted molar refractivity (Wildman–Crippen MR) is 56.3 cm³/mol. The second kappa shape index (κ2) is 3.68. The third kappa shape index (κ3) is 1.96. The Balaban J connectivity index is 2.17. The minimum Gasteiger partial charge on any atom is -0.444 e. The number of azo groups is 1. The van der Waals surface area contributed by atoms with E-state index in [0.717, 1.165) is 0 Å². The number of hydrogen-bond donors (Lipinski definition) is 1. The fourth-order valence-electron chi connectivity index (χ4n) is 1.26. The second-order valence-corrected chi connectivity index (χ2v) is 3.26. The highest BCUT2D eigenvalue weighted by Crippen LogP contribution is 2.26. The fourth-order valence-corrected chi connectivity index (χ4v) is 1.26. The molecule has 78 valence electrons. The summed E-state index contributed by atoms with van der Waals surface area (Å²) in [4.78, 5) is 4.05. The normalized spacial score (nSPS) is 23.3. The van der Waals surface area contributed by atoms with Crippen molar-refractivity contribution < 1.29 is 4.74 Å². The molecule has 0 aromatic carbocycles. The van der Waals surface area contributed by atoms with E-state index in [2.05, 4.69) is 15.2 Å². The lowest BCUT2D eigenvalue weighted by Crippen LogP contribution is -2.29. The van der Waals surface area contributed by atoms with Gasteiger partial charge in [0, 0.05) is 18.6 Å². The average Bonchev–Trinajstić information content (AvgIpc) is 2.71. The van der Waals surface area contributed by atoms with Crippen LogP contribution in [-0.2, 0) is 0 Å². The SMILES string of the molecule is CCC1(Oc2ccc(N)cn2)C=CN=N1. The maximum absolute atomic E-state index is 5.65. The molecule has 0 radical (unpaired) electrons. The Morgan fingerprint density at radius 2 is 2.33 bits per heavy atom. The molecule has 15 heavy (non-hydrogen) atoms. The fraction of sp³-hybridized carbons (Fsp3) is 0.300. The molecular weight excluding hydrogens is 192 g/mol. The number of hydrogen-bond acceptors (Lipinski definition) is 5. The maximum atomic E-state index is 5.65. The van der Waals surface area contributed by atoms with Crippen LogP contribution in [0.3, 0.4) is 0 Å². The zero-order chi connectivity index (χ0) is 10.7. The van der Waals surface area contributed by atoms with Crippen LogP contribution in [0.4, 0.5) is 5.69 Å². The summed E-state index contributed by atoms with van der Waals surface area (Å²) in [6, 6.07) is 3.45. The maximum Gasteiger partial charge on any atom is 0.241 e. The van der Waals surface area contributed by atoms with Gasteiger partial charge < -0.3 is 10.5 Å². The Bertz CT molecular complexity index is 384. The van der Waals surface area contributed by atoms with Crippen molar-refractivity contribution in [3.63, 3.8) is 0 Å². The first-order valence-corrected chi connectivity index (χ1v) is 4.74. The number of nitrogen functional groups attached to an aromatic ring is 1. The first-order chi connectivity index (χ1) is 7.24. The summed E-state index contributed by atoms with van der Waals surface area (Å²) in [6.45, 7) is 1.98. The zero-order valence-electron chi connectivity index (χ0n) is 8.42. The van der Waals surface area contributed by atoms with Gasteiger partial charge >= 0.3 is 0 Å². The van der Waals surface area contributed by atoms with Gasteiger partial charge in [-0.25, -0.2) is 4.98 Å². The van der Waals surface area contributed by atoms with E-state index in [1.165, 1.54) is 0 Å². The van der Waals surface area contributed by atoms with E-state index in [1.807, 2.05) is 13.0 Å². The van der Waals surface area contributed by atoms with E-state index in [0.29, 0.717) is 18.0 Å². The molecule has 5 heteroatoms. The van der Waals surface area contributed by atoms with Crippen LogP contribution < -0.4 is 10.5 Å². The van der Waals surface area contributed by atoms with Crippen LogP contribution in [0.5, 0.6) is 5.88 Å². The monoisotopic (exact) mass is 204 g/mol. The number of aromatic nitrogens is 1. The van der Waals surface area contributed by atoms with E-state index in [1.54, 1.807) is 24.5 Å². The van der Waals surface area contributed by atoms with Crippen LogP contribution in [0, 0.1) is 0 Å². The molecule has 1 atom stereocenters. The minimum atomic E-state index is -0.691. The van der Waals surface area contributed by atoms with Crippen LogP contribution in [-0.4, -0.2) is 10.7 Å². The van der Waals surface area contributed by atoms with Gasteiger partial charge in [-0.05, 0) is 6.07 Å². The predicted octanol–water partition coefficient (Wildman–Crippen LogP) is 2.13. The lowest BCUT2D eigenvalue weighted by molar-refractivity contribution is 0.117. The van der Waals surface area contributed by atoms with Crippen molar-refractivity contribution in [2.75, 3.05) is 5.73 Å². The van der Waals surface area contributed by atoms with Crippen molar-refractivity contribution in [1.29, 1.82) is 0 Å². The molecule has 2 heterocycles. The van der Waals surface area contributed by atoms with Gasteiger partial charge in [-0.15, -0.1) is 5.11 Å². The number of rotatable bonds is 3. The second-order valence-electron chi connectivity index (χ2n) is 3.26. The van der Waals surface area contributed by atoms with Crippen molar-refractivity contribution >= 4 is 5.69 Å². The number of anilines is 1. The third-order valence-corrected chi connectivity index (χ3v) is 2.18.